The molecule has 1 saturated carbocycles. The Morgan fingerprint density at radius 3 is 2.24 bits per heavy atom. The zero-order chi connectivity index (χ0) is 24.3. The van der Waals surface area contributed by atoms with Gasteiger partial charge in [-0.25, -0.2) is 4.79 Å². The summed E-state index contributed by atoms with van der Waals surface area (Å²) < 4.78 is 5.63. The number of carboxylic acids is 1. The molecule has 2 aliphatic rings. The van der Waals surface area contributed by atoms with Crippen LogP contribution < -0.4 is 10.6 Å². The molecule has 3 atom stereocenters. The van der Waals surface area contributed by atoms with Gasteiger partial charge in [0.25, 0.3) is 0 Å². The van der Waals surface area contributed by atoms with Crippen LogP contribution in [0.4, 0.5) is 4.79 Å². The van der Waals surface area contributed by atoms with Crippen LogP contribution in [0.1, 0.15) is 56.6 Å². The fourth-order valence-corrected chi connectivity index (χ4v) is 5.00. The van der Waals surface area contributed by atoms with E-state index in [9.17, 15) is 19.5 Å². The summed E-state index contributed by atoms with van der Waals surface area (Å²) in [6.45, 7) is 3.69. The van der Waals surface area contributed by atoms with E-state index in [1.54, 1.807) is 13.8 Å². The number of amides is 2. The highest BCUT2D eigenvalue weighted by atomic mass is 16.5. The number of carbonyl (C=O) groups excluding carboxylic acids is 2. The fraction of sp³-hybridized carbons (Fsp3) is 0.444. The number of nitrogens with one attached hydrogen (secondary N) is 2. The average molecular weight is 465 g/mol. The van der Waals surface area contributed by atoms with Crippen molar-refractivity contribution < 1.29 is 24.2 Å². The molecule has 2 aliphatic carbocycles. The molecule has 2 amide bonds. The minimum atomic E-state index is -1.01. The first-order chi connectivity index (χ1) is 16.3. The van der Waals surface area contributed by atoms with Crippen LogP contribution in [0.15, 0.2) is 48.5 Å². The van der Waals surface area contributed by atoms with Gasteiger partial charge in [-0.15, -0.1) is 0 Å². The van der Waals surface area contributed by atoms with Crippen LogP contribution in [0.5, 0.6) is 0 Å². The third kappa shape index (κ3) is 4.65. The van der Waals surface area contributed by atoms with Gasteiger partial charge in [-0.1, -0.05) is 61.9 Å². The van der Waals surface area contributed by atoms with Crippen molar-refractivity contribution in [2.24, 2.45) is 11.3 Å². The molecule has 0 saturated heterocycles. The lowest BCUT2D eigenvalue weighted by Gasteiger charge is -2.26. The first-order valence-corrected chi connectivity index (χ1v) is 12.0. The monoisotopic (exact) mass is 464 g/mol. The molecule has 0 aromatic heterocycles. The summed E-state index contributed by atoms with van der Waals surface area (Å²) in [5, 5.41) is 15.1. The van der Waals surface area contributed by atoms with Crippen LogP contribution in [0.25, 0.3) is 11.1 Å². The fourth-order valence-electron chi connectivity index (χ4n) is 5.00. The Kier molecular flexibility index (Phi) is 6.91. The van der Waals surface area contributed by atoms with E-state index in [0.717, 1.165) is 17.5 Å². The maximum atomic E-state index is 12.8. The predicted octanol–water partition coefficient (Wildman–Crippen LogP) is 4.31. The number of rotatable bonds is 8. The smallest absolute Gasteiger partial charge is 0.407 e. The van der Waals surface area contributed by atoms with Crippen LogP contribution in [0.2, 0.25) is 0 Å². The number of fused-ring (bicyclic) bond motifs is 3. The van der Waals surface area contributed by atoms with Crippen LogP contribution in [0.3, 0.4) is 0 Å². The molecular formula is C27H32N2O5. The summed E-state index contributed by atoms with van der Waals surface area (Å²) in [4.78, 5) is 36.9. The molecule has 0 bridgehead atoms. The van der Waals surface area contributed by atoms with Gasteiger partial charge in [0.2, 0.25) is 5.91 Å². The van der Waals surface area contributed by atoms with E-state index < -0.39 is 23.4 Å². The molecule has 7 nitrogen and oxygen atoms in total. The van der Waals surface area contributed by atoms with Crippen molar-refractivity contribution in [3.05, 3.63) is 59.7 Å². The van der Waals surface area contributed by atoms with E-state index in [-0.39, 0.29) is 31.0 Å². The molecule has 1 fully saturated rings. The highest BCUT2D eigenvalue weighted by Crippen LogP contribution is 2.44. The van der Waals surface area contributed by atoms with E-state index >= 15 is 0 Å². The van der Waals surface area contributed by atoms with Gasteiger partial charge in [-0.3, -0.25) is 9.59 Å². The molecule has 3 N–H and O–H groups in total. The van der Waals surface area contributed by atoms with Crippen molar-refractivity contribution in [1.29, 1.82) is 0 Å². The molecule has 0 radical (unpaired) electrons. The van der Waals surface area contributed by atoms with Crippen LogP contribution in [-0.4, -0.2) is 42.3 Å². The van der Waals surface area contributed by atoms with E-state index in [0.29, 0.717) is 19.3 Å². The highest BCUT2D eigenvalue weighted by Gasteiger charge is 2.37. The molecule has 4 rings (SSSR count). The zero-order valence-electron chi connectivity index (χ0n) is 19.7. The molecule has 2 aromatic carbocycles. The second kappa shape index (κ2) is 9.87. The van der Waals surface area contributed by atoms with Gasteiger partial charge in [-0.2, -0.15) is 0 Å². The first-order valence-electron chi connectivity index (χ1n) is 12.0. The summed E-state index contributed by atoms with van der Waals surface area (Å²) in [6.07, 6.45) is 2.03. The summed E-state index contributed by atoms with van der Waals surface area (Å²) in [6, 6.07) is 16.0. The lowest BCUT2D eigenvalue weighted by Crippen LogP contribution is -2.47. The largest absolute Gasteiger partial charge is 0.481 e. The Labute approximate surface area is 199 Å². The van der Waals surface area contributed by atoms with E-state index in [1.807, 2.05) is 24.3 Å². The van der Waals surface area contributed by atoms with Crippen molar-refractivity contribution in [3.63, 3.8) is 0 Å². The zero-order valence-corrected chi connectivity index (χ0v) is 19.7. The SMILES string of the molecule is CCC(C)(CNC(=O)[C@@H]1CCC[C@@H]1NC(=O)OCC1c2ccccc2-c2ccccc21)C(=O)O. The normalized spacial score (nSPS) is 20.6. The number of aliphatic carboxylic acids is 1. The third-order valence-electron chi connectivity index (χ3n) is 7.45. The molecule has 7 heteroatoms. The number of alkyl carbamates (subject to hydrolysis) is 1. The van der Waals surface area contributed by atoms with Crippen molar-refractivity contribution in [1.82, 2.24) is 10.6 Å². The summed E-state index contributed by atoms with van der Waals surface area (Å²) >= 11 is 0. The van der Waals surface area contributed by atoms with E-state index in [2.05, 4.69) is 34.9 Å². The van der Waals surface area contributed by atoms with Crippen LogP contribution in [-0.2, 0) is 14.3 Å². The predicted molar refractivity (Wildman–Crippen MR) is 128 cm³/mol. The number of carboxylic acid groups (broad SMARTS) is 1. The maximum Gasteiger partial charge on any atom is 0.407 e. The minimum Gasteiger partial charge on any atom is -0.481 e. The molecule has 0 aliphatic heterocycles. The van der Waals surface area contributed by atoms with Gasteiger partial charge in [0, 0.05) is 18.5 Å². The Morgan fingerprint density at radius 2 is 1.65 bits per heavy atom. The Morgan fingerprint density at radius 1 is 1.03 bits per heavy atom. The lowest BCUT2D eigenvalue weighted by atomic mass is 9.87. The number of carbonyl (C=O) groups is 3. The Bertz CT molecular complexity index is 1040. The maximum absolute atomic E-state index is 12.8. The van der Waals surface area contributed by atoms with Gasteiger partial charge in [0.05, 0.1) is 11.3 Å². The van der Waals surface area contributed by atoms with Crippen molar-refractivity contribution in [3.8, 4) is 11.1 Å². The quantitative estimate of drug-likeness (QED) is 0.540. The van der Waals surface area contributed by atoms with Gasteiger partial charge >= 0.3 is 12.1 Å². The number of hydrogen-bond acceptors (Lipinski definition) is 4. The Hall–Kier alpha value is -3.35. The molecule has 0 heterocycles. The molecule has 1 unspecified atom stereocenters. The first kappa shape index (κ1) is 23.8. The number of ether oxygens (including phenoxy) is 1. The lowest BCUT2D eigenvalue weighted by molar-refractivity contribution is -0.148. The van der Waals surface area contributed by atoms with Crippen molar-refractivity contribution in [2.45, 2.75) is 51.5 Å². The van der Waals surface area contributed by atoms with Crippen molar-refractivity contribution in [2.75, 3.05) is 13.2 Å². The Balaban J connectivity index is 1.34. The van der Waals surface area contributed by atoms with E-state index in [4.69, 9.17) is 4.74 Å². The molecule has 34 heavy (non-hydrogen) atoms. The van der Waals surface area contributed by atoms with Crippen LogP contribution >= 0.6 is 0 Å². The highest BCUT2D eigenvalue weighted by molar-refractivity contribution is 5.82. The summed E-state index contributed by atoms with van der Waals surface area (Å²) in [5.41, 5.74) is 3.61. The topological polar surface area (TPSA) is 105 Å². The molecule has 2 aromatic rings. The number of benzene rings is 2. The van der Waals surface area contributed by atoms with Gasteiger partial charge in [0.15, 0.2) is 0 Å². The van der Waals surface area contributed by atoms with Gasteiger partial charge < -0.3 is 20.5 Å². The van der Waals surface area contributed by atoms with Gasteiger partial charge in [0.1, 0.15) is 6.61 Å². The van der Waals surface area contributed by atoms with Crippen LogP contribution in [0, 0.1) is 11.3 Å². The van der Waals surface area contributed by atoms with Gasteiger partial charge in [-0.05, 0) is 48.4 Å². The molecule has 180 valence electrons. The minimum absolute atomic E-state index is 0.0245. The standard InChI is InChI=1S/C27H32N2O5/c1-3-27(2,25(31)32)16-28-24(30)21-13-8-14-23(21)29-26(33)34-15-22-19-11-6-4-9-17(19)18-10-5-7-12-20(18)22/h4-7,9-12,21-23H,3,8,13-16H2,1-2H3,(H,28,30)(H,29,33)(H,31,32)/t21-,23+,27?/m1/s1. The van der Waals surface area contributed by atoms with Crippen molar-refractivity contribution >= 4 is 18.0 Å². The molecular weight excluding hydrogens is 432 g/mol. The molecule has 0 spiro atoms. The second-order valence-corrected chi connectivity index (χ2v) is 9.55. The average Bonchev–Trinajstić information content (AvgIpc) is 3.43. The van der Waals surface area contributed by atoms with E-state index in [1.165, 1.54) is 11.1 Å². The summed E-state index contributed by atoms with van der Waals surface area (Å²) in [5.74, 6) is -1.57. The number of hydrogen-bond donors (Lipinski definition) is 3. The second-order valence-electron chi connectivity index (χ2n) is 9.55. The summed E-state index contributed by atoms with van der Waals surface area (Å²) in [7, 11) is 0. The third-order valence-corrected chi connectivity index (χ3v) is 7.45.